The lowest BCUT2D eigenvalue weighted by molar-refractivity contribution is -0.141. The first-order chi connectivity index (χ1) is 12.2. The average molecular weight is 367 g/mol. The Morgan fingerprint density at radius 2 is 2.04 bits per heavy atom. The van der Waals surface area contributed by atoms with Gasteiger partial charge in [-0.2, -0.15) is 0 Å². The summed E-state index contributed by atoms with van der Waals surface area (Å²) in [4.78, 5) is 32.9. The smallest absolute Gasteiger partial charge is 0.251 e. The number of H-pyrrole nitrogens is 1. The lowest BCUT2D eigenvalue weighted by Crippen LogP contribution is -2.42. The average Bonchev–Trinajstić information content (AvgIpc) is 3.26. The summed E-state index contributed by atoms with van der Waals surface area (Å²) < 4.78 is 5.49. The fraction of sp³-hybridized carbons (Fsp3) is 0.750. The van der Waals surface area contributed by atoms with Gasteiger partial charge in [0.05, 0.1) is 5.75 Å². The van der Waals surface area contributed by atoms with Crippen molar-refractivity contribution in [3.05, 3.63) is 5.82 Å². The molecule has 0 bridgehead atoms. The van der Waals surface area contributed by atoms with E-state index in [9.17, 15) is 9.59 Å². The predicted molar refractivity (Wildman–Crippen MR) is 93.2 cm³/mol. The maximum absolute atomic E-state index is 12.4. The van der Waals surface area contributed by atoms with Crippen LogP contribution < -0.4 is 0 Å². The van der Waals surface area contributed by atoms with E-state index in [1.165, 1.54) is 11.8 Å². The molecule has 1 unspecified atom stereocenters. The third kappa shape index (κ3) is 4.72. The Morgan fingerprint density at radius 1 is 1.24 bits per heavy atom. The molecule has 0 aromatic carbocycles. The minimum atomic E-state index is -0.281. The van der Waals surface area contributed by atoms with Gasteiger partial charge in [0.1, 0.15) is 11.9 Å². The molecule has 1 aromatic rings. The number of ether oxygens (including phenoxy) is 1. The van der Waals surface area contributed by atoms with Crippen LogP contribution in [0.3, 0.4) is 0 Å². The fourth-order valence-corrected chi connectivity index (χ4v) is 3.80. The van der Waals surface area contributed by atoms with E-state index in [4.69, 9.17) is 4.74 Å². The second-order valence-corrected chi connectivity index (χ2v) is 7.21. The van der Waals surface area contributed by atoms with Crippen molar-refractivity contribution in [1.29, 1.82) is 0 Å². The number of hydrogen-bond acceptors (Lipinski definition) is 6. The number of nitrogens with zero attached hydrogens (tertiary/aromatic N) is 4. The van der Waals surface area contributed by atoms with Gasteiger partial charge in [-0.15, -0.1) is 5.10 Å². The highest BCUT2D eigenvalue weighted by molar-refractivity contribution is 7.99. The molecule has 3 heterocycles. The summed E-state index contributed by atoms with van der Waals surface area (Å²) in [5.74, 6) is 1.29. The second kappa shape index (κ2) is 8.66. The SMILES string of the molecule is CCc1nc(SCC(=O)N2CCCN(C(=O)C3CCCO3)CC2)n[nH]1. The Hall–Kier alpha value is -1.61. The maximum atomic E-state index is 12.4. The van der Waals surface area contributed by atoms with E-state index in [1.807, 2.05) is 16.7 Å². The number of aromatic amines is 1. The molecule has 2 aliphatic heterocycles. The van der Waals surface area contributed by atoms with Crippen LogP contribution in [0.2, 0.25) is 0 Å². The quantitative estimate of drug-likeness (QED) is 0.771. The van der Waals surface area contributed by atoms with Crippen LogP contribution in [0.1, 0.15) is 32.0 Å². The van der Waals surface area contributed by atoms with Crippen LogP contribution in [0, 0.1) is 0 Å². The third-order valence-electron chi connectivity index (χ3n) is 4.54. The summed E-state index contributed by atoms with van der Waals surface area (Å²) in [6, 6.07) is 0. The second-order valence-electron chi connectivity index (χ2n) is 6.27. The van der Waals surface area contributed by atoms with Crippen LogP contribution in [-0.4, -0.2) is 81.4 Å². The van der Waals surface area contributed by atoms with Crippen molar-refractivity contribution in [1.82, 2.24) is 25.0 Å². The first kappa shape index (κ1) is 18.2. The number of nitrogens with one attached hydrogen (secondary N) is 1. The molecule has 2 aliphatic rings. The molecule has 9 heteroatoms. The third-order valence-corrected chi connectivity index (χ3v) is 5.37. The molecule has 2 saturated heterocycles. The fourth-order valence-electron chi connectivity index (χ4n) is 3.08. The minimum Gasteiger partial charge on any atom is -0.368 e. The summed E-state index contributed by atoms with van der Waals surface area (Å²) in [6.45, 7) is 5.20. The predicted octanol–water partition coefficient (Wildman–Crippen LogP) is 0.699. The monoisotopic (exact) mass is 367 g/mol. The van der Waals surface area contributed by atoms with Gasteiger partial charge < -0.3 is 14.5 Å². The van der Waals surface area contributed by atoms with Crippen LogP contribution in [-0.2, 0) is 20.7 Å². The summed E-state index contributed by atoms with van der Waals surface area (Å²) in [6.07, 6.45) is 3.08. The van der Waals surface area contributed by atoms with Gasteiger partial charge in [-0.1, -0.05) is 18.7 Å². The van der Waals surface area contributed by atoms with Crippen LogP contribution in [0.15, 0.2) is 5.16 Å². The maximum Gasteiger partial charge on any atom is 0.251 e. The number of thioether (sulfide) groups is 1. The van der Waals surface area contributed by atoms with Gasteiger partial charge >= 0.3 is 0 Å². The molecule has 1 atom stereocenters. The molecule has 3 rings (SSSR count). The Labute approximate surface area is 151 Å². The van der Waals surface area contributed by atoms with Gasteiger partial charge in [-0.25, -0.2) is 4.98 Å². The van der Waals surface area contributed by atoms with E-state index in [0.29, 0.717) is 43.7 Å². The molecular formula is C16H25N5O3S. The van der Waals surface area contributed by atoms with E-state index < -0.39 is 0 Å². The Kier molecular flexibility index (Phi) is 6.30. The minimum absolute atomic E-state index is 0.0688. The van der Waals surface area contributed by atoms with E-state index in [-0.39, 0.29) is 17.9 Å². The first-order valence-electron chi connectivity index (χ1n) is 8.89. The van der Waals surface area contributed by atoms with Crippen molar-refractivity contribution in [3.8, 4) is 0 Å². The molecule has 0 saturated carbocycles. The highest BCUT2D eigenvalue weighted by atomic mass is 32.2. The lowest BCUT2D eigenvalue weighted by atomic mass is 10.2. The van der Waals surface area contributed by atoms with Crippen molar-refractivity contribution in [2.24, 2.45) is 0 Å². The molecule has 2 amide bonds. The zero-order chi connectivity index (χ0) is 17.6. The standard InChI is InChI=1S/C16H25N5O3S/c1-2-13-17-16(19-18-13)25-11-14(22)20-6-4-7-21(9-8-20)15(23)12-5-3-10-24-12/h12H,2-11H2,1H3,(H,17,18,19). The van der Waals surface area contributed by atoms with E-state index in [1.54, 1.807) is 0 Å². The van der Waals surface area contributed by atoms with Gasteiger partial charge in [0.2, 0.25) is 11.1 Å². The zero-order valence-corrected chi connectivity index (χ0v) is 15.4. The molecule has 25 heavy (non-hydrogen) atoms. The van der Waals surface area contributed by atoms with E-state index >= 15 is 0 Å². The van der Waals surface area contributed by atoms with Crippen LogP contribution in [0.25, 0.3) is 0 Å². The summed E-state index contributed by atoms with van der Waals surface area (Å²) in [5.41, 5.74) is 0. The van der Waals surface area contributed by atoms with Crippen molar-refractivity contribution in [3.63, 3.8) is 0 Å². The van der Waals surface area contributed by atoms with Gasteiger partial charge in [-0.3, -0.25) is 14.7 Å². The van der Waals surface area contributed by atoms with Gasteiger partial charge in [0.15, 0.2) is 0 Å². The lowest BCUT2D eigenvalue weighted by Gasteiger charge is -2.24. The van der Waals surface area contributed by atoms with Crippen LogP contribution >= 0.6 is 11.8 Å². The molecule has 2 fully saturated rings. The van der Waals surface area contributed by atoms with Crippen LogP contribution in [0.4, 0.5) is 0 Å². The van der Waals surface area contributed by atoms with Crippen molar-refractivity contribution in [2.75, 3.05) is 38.5 Å². The molecule has 1 N–H and O–H groups in total. The van der Waals surface area contributed by atoms with Crippen LogP contribution in [0.5, 0.6) is 0 Å². The number of hydrogen-bond donors (Lipinski definition) is 1. The number of carbonyl (C=O) groups excluding carboxylic acids is 2. The number of rotatable bonds is 5. The number of carbonyl (C=O) groups is 2. The molecule has 8 nitrogen and oxygen atoms in total. The Balaban J connectivity index is 1.46. The summed E-state index contributed by atoms with van der Waals surface area (Å²) in [7, 11) is 0. The van der Waals surface area contributed by atoms with E-state index in [2.05, 4.69) is 15.2 Å². The highest BCUT2D eigenvalue weighted by Gasteiger charge is 2.30. The number of aromatic nitrogens is 3. The number of amides is 2. The molecule has 138 valence electrons. The number of aryl methyl sites for hydroxylation is 1. The topological polar surface area (TPSA) is 91.4 Å². The van der Waals surface area contributed by atoms with Crippen molar-refractivity contribution < 1.29 is 14.3 Å². The van der Waals surface area contributed by atoms with Gasteiger partial charge in [0, 0.05) is 39.2 Å². The van der Waals surface area contributed by atoms with E-state index in [0.717, 1.165) is 31.5 Å². The Bertz CT molecular complexity index is 602. The highest BCUT2D eigenvalue weighted by Crippen LogP contribution is 2.17. The Morgan fingerprint density at radius 3 is 2.76 bits per heavy atom. The molecule has 0 aliphatic carbocycles. The molecular weight excluding hydrogens is 342 g/mol. The summed E-state index contributed by atoms with van der Waals surface area (Å²) >= 11 is 1.35. The molecule has 0 radical (unpaired) electrons. The zero-order valence-electron chi connectivity index (χ0n) is 14.6. The largest absolute Gasteiger partial charge is 0.368 e. The van der Waals surface area contributed by atoms with Crippen molar-refractivity contribution >= 4 is 23.6 Å². The normalized spacial score (nSPS) is 21.4. The van der Waals surface area contributed by atoms with Gasteiger partial charge in [0.25, 0.3) is 5.91 Å². The first-order valence-corrected chi connectivity index (χ1v) is 9.88. The molecule has 1 aromatic heterocycles. The van der Waals surface area contributed by atoms with Crippen molar-refractivity contribution in [2.45, 2.75) is 43.9 Å². The molecule has 0 spiro atoms. The van der Waals surface area contributed by atoms with Gasteiger partial charge in [-0.05, 0) is 19.3 Å². The summed E-state index contributed by atoms with van der Waals surface area (Å²) in [5, 5.41) is 7.55.